The second kappa shape index (κ2) is 6.61. The van der Waals surface area contributed by atoms with Gasteiger partial charge in [-0.15, -0.1) is 11.3 Å². The summed E-state index contributed by atoms with van der Waals surface area (Å²) in [7, 11) is 2.76. The van der Waals surface area contributed by atoms with Crippen molar-refractivity contribution in [1.82, 2.24) is 19.1 Å². The molecular formula is C17H17N5O3S2. The minimum atomic E-state index is -0.676. The molecule has 10 heteroatoms. The first kappa shape index (κ1) is 17.9. The van der Waals surface area contributed by atoms with Crippen molar-refractivity contribution in [3.63, 3.8) is 0 Å². The molecule has 0 radical (unpaired) electrons. The molecule has 0 aromatic carbocycles. The maximum atomic E-state index is 12.7. The fourth-order valence-corrected chi connectivity index (χ4v) is 5.53. The molecule has 0 atom stereocenters. The molecule has 0 unspecified atom stereocenters. The number of ketones is 1. The zero-order valence-electron chi connectivity index (χ0n) is 14.8. The summed E-state index contributed by atoms with van der Waals surface area (Å²) in [6, 6.07) is 0. The third kappa shape index (κ3) is 2.79. The number of aryl methyl sites for hydroxylation is 2. The number of aromatic nitrogens is 4. The highest BCUT2D eigenvalue weighted by molar-refractivity contribution is 8.00. The Bertz CT molecular complexity index is 1210. The summed E-state index contributed by atoms with van der Waals surface area (Å²) in [5, 5.41) is 1.77. The number of hydrogen-bond donors (Lipinski definition) is 1. The van der Waals surface area contributed by atoms with Gasteiger partial charge in [0.15, 0.2) is 5.78 Å². The van der Waals surface area contributed by atoms with Gasteiger partial charge in [-0.2, -0.15) is 0 Å². The first-order valence-electron chi connectivity index (χ1n) is 8.37. The lowest BCUT2D eigenvalue weighted by Crippen LogP contribution is -2.41. The van der Waals surface area contributed by atoms with Gasteiger partial charge in [0.2, 0.25) is 0 Å². The maximum absolute atomic E-state index is 12.7. The lowest BCUT2D eigenvalue weighted by atomic mass is 10.2. The quantitative estimate of drug-likeness (QED) is 0.395. The van der Waals surface area contributed by atoms with E-state index in [9.17, 15) is 14.4 Å². The first-order valence-corrected chi connectivity index (χ1v) is 10.2. The van der Waals surface area contributed by atoms with Crippen molar-refractivity contribution in [3.05, 3.63) is 43.2 Å². The van der Waals surface area contributed by atoms with Gasteiger partial charge in [-0.25, -0.2) is 14.8 Å². The molecular weight excluding hydrogens is 386 g/mol. The molecule has 0 amide bonds. The molecule has 140 valence electrons. The molecule has 3 heterocycles. The van der Waals surface area contributed by atoms with Crippen LogP contribution in [0.3, 0.4) is 0 Å². The van der Waals surface area contributed by atoms with Crippen LogP contribution in [0, 0.1) is 0 Å². The van der Waals surface area contributed by atoms with Gasteiger partial charge in [0, 0.05) is 24.4 Å². The number of nitrogens with zero attached hydrogens (tertiary/aromatic N) is 4. The molecule has 0 fully saturated rings. The average molecular weight is 403 g/mol. The normalized spacial score (nSPS) is 13.3. The number of thioether (sulfide) groups is 1. The van der Waals surface area contributed by atoms with Crippen LogP contribution in [0.4, 0.5) is 5.82 Å². The Morgan fingerprint density at radius 1 is 1.26 bits per heavy atom. The van der Waals surface area contributed by atoms with E-state index in [1.165, 1.54) is 42.6 Å². The van der Waals surface area contributed by atoms with E-state index in [1.807, 2.05) is 0 Å². The van der Waals surface area contributed by atoms with Gasteiger partial charge in [-0.3, -0.25) is 18.7 Å². The smallest absolute Gasteiger partial charge is 0.332 e. The van der Waals surface area contributed by atoms with Crippen molar-refractivity contribution in [2.45, 2.75) is 24.3 Å². The van der Waals surface area contributed by atoms with E-state index in [1.54, 1.807) is 11.3 Å². The Hall–Kier alpha value is -2.46. The molecule has 0 spiro atoms. The number of nitrogens with two attached hydrogens (primary N) is 1. The predicted octanol–water partition coefficient (Wildman–Crippen LogP) is 1.13. The fourth-order valence-electron chi connectivity index (χ4n) is 3.34. The van der Waals surface area contributed by atoms with Gasteiger partial charge in [-0.05, 0) is 24.8 Å². The average Bonchev–Trinajstić information content (AvgIpc) is 3.24. The molecule has 4 rings (SSSR count). The van der Waals surface area contributed by atoms with Crippen molar-refractivity contribution in [3.8, 4) is 0 Å². The zero-order valence-corrected chi connectivity index (χ0v) is 16.4. The van der Waals surface area contributed by atoms with Crippen molar-refractivity contribution < 1.29 is 4.79 Å². The largest absolute Gasteiger partial charge is 0.384 e. The van der Waals surface area contributed by atoms with Gasteiger partial charge >= 0.3 is 5.69 Å². The van der Waals surface area contributed by atoms with E-state index in [0.717, 1.165) is 43.6 Å². The number of nitrogen functional groups attached to an aromatic ring is 1. The highest BCUT2D eigenvalue weighted by Crippen LogP contribution is 2.40. The van der Waals surface area contributed by atoms with Crippen LogP contribution in [0.5, 0.6) is 0 Å². The summed E-state index contributed by atoms with van der Waals surface area (Å²) in [5.41, 5.74) is 5.75. The van der Waals surface area contributed by atoms with Crippen molar-refractivity contribution in [2.75, 3.05) is 11.5 Å². The standard InChI is InChI=1S/C17H17N5O3S2/c1-21-13(18)12(16(24)22(2)17(21)25)9(23)6-26-14-11-8-4-3-5-10(8)27-15(11)20-7-19-14/h7H,3-6,18H2,1-2H3. The molecule has 1 aliphatic carbocycles. The molecule has 2 N–H and O–H groups in total. The third-order valence-corrected chi connectivity index (χ3v) is 6.98. The first-order chi connectivity index (χ1) is 12.9. The molecule has 0 bridgehead atoms. The highest BCUT2D eigenvalue weighted by atomic mass is 32.2. The Balaban J connectivity index is 1.68. The summed E-state index contributed by atoms with van der Waals surface area (Å²) in [4.78, 5) is 47.9. The minimum absolute atomic E-state index is 0.00831. The van der Waals surface area contributed by atoms with E-state index in [0.29, 0.717) is 0 Å². The summed E-state index contributed by atoms with van der Waals surface area (Å²) in [6.45, 7) is 0. The van der Waals surface area contributed by atoms with Crippen LogP contribution in [0.2, 0.25) is 0 Å². The highest BCUT2D eigenvalue weighted by Gasteiger charge is 2.24. The predicted molar refractivity (Wildman–Crippen MR) is 106 cm³/mol. The second-order valence-corrected chi connectivity index (χ2v) is 8.44. The van der Waals surface area contributed by atoms with Gasteiger partial charge in [0.05, 0.1) is 5.75 Å². The number of hydrogen-bond acceptors (Lipinski definition) is 8. The van der Waals surface area contributed by atoms with E-state index < -0.39 is 17.0 Å². The summed E-state index contributed by atoms with van der Waals surface area (Å²) in [6.07, 6.45) is 4.68. The van der Waals surface area contributed by atoms with E-state index >= 15 is 0 Å². The Morgan fingerprint density at radius 3 is 2.81 bits per heavy atom. The van der Waals surface area contributed by atoms with Crippen LogP contribution >= 0.6 is 23.1 Å². The topological polar surface area (TPSA) is 113 Å². The summed E-state index contributed by atoms with van der Waals surface area (Å²) < 4.78 is 2.00. The molecule has 0 aliphatic heterocycles. The van der Waals surface area contributed by atoms with Gasteiger partial charge in [-0.1, -0.05) is 11.8 Å². The van der Waals surface area contributed by atoms with E-state index in [4.69, 9.17) is 5.73 Å². The number of anilines is 1. The molecule has 3 aromatic heterocycles. The molecule has 0 saturated heterocycles. The minimum Gasteiger partial charge on any atom is -0.384 e. The summed E-state index contributed by atoms with van der Waals surface area (Å²) in [5.74, 6) is -0.528. The zero-order chi connectivity index (χ0) is 19.3. The Labute approximate surface area is 162 Å². The van der Waals surface area contributed by atoms with Crippen LogP contribution in [-0.4, -0.2) is 30.6 Å². The molecule has 3 aromatic rings. The SMILES string of the molecule is Cn1c(N)c(C(=O)CSc2ncnc3sc4c(c23)CCC4)c(=O)n(C)c1=O. The number of Topliss-reactive ketones (excluding diaryl/α,β-unsaturated/α-hetero) is 1. The van der Waals surface area contributed by atoms with Crippen molar-refractivity contribution >= 4 is 44.9 Å². The Kier molecular flexibility index (Phi) is 4.39. The number of carbonyl (C=O) groups is 1. The second-order valence-electron chi connectivity index (χ2n) is 6.39. The van der Waals surface area contributed by atoms with Crippen molar-refractivity contribution in [2.24, 2.45) is 14.1 Å². The molecule has 8 nitrogen and oxygen atoms in total. The lowest BCUT2D eigenvalue weighted by molar-refractivity contribution is 0.102. The number of rotatable bonds is 4. The Morgan fingerprint density at radius 2 is 2.04 bits per heavy atom. The van der Waals surface area contributed by atoms with Gasteiger partial charge < -0.3 is 5.73 Å². The van der Waals surface area contributed by atoms with Gasteiger partial charge in [0.1, 0.15) is 27.6 Å². The summed E-state index contributed by atoms with van der Waals surface area (Å²) >= 11 is 2.95. The van der Waals surface area contributed by atoms with Gasteiger partial charge in [0.25, 0.3) is 5.56 Å². The molecule has 1 aliphatic rings. The third-order valence-electron chi connectivity index (χ3n) is 4.80. The number of thiophene rings is 1. The van der Waals surface area contributed by atoms with Crippen molar-refractivity contribution in [1.29, 1.82) is 0 Å². The molecule has 0 saturated carbocycles. The lowest BCUT2D eigenvalue weighted by Gasteiger charge is -2.10. The van der Waals surface area contributed by atoms with Crippen LogP contribution in [0.1, 0.15) is 27.2 Å². The van der Waals surface area contributed by atoms with Crippen LogP contribution < -0.4 is 17.0 Å². The number of fused-ring (bicyclic) bond motifs is 3. The number of carbonyl (C=O) groups excluding carboxylic acids is 1. The van der Waals surface area contributed by atoms with Crippen LogP contribution in [0.15, 0.2) is 20.9 Å². The van der Waals surface area contributed by atoms with Crippen LogP contribution in [0.25, 0.3) is 10.2 Å². The van der Waals surface area contributed by atoms with E-state index in [-0.39, 0.29) is 17.1 Å². The molecule has 27 heavy (non-hydrogen) atoms. The van der Waals surface area contributed by atoms with Crippen LogP contribution in [-0.2, 0) is 26.9 Å². The maximum Gasteiger partial charge on any atom is 0.332 e. The fraction of sp³-hybridized carbons (Fsp3) is 0.353. The monoisotopic (exact) mass is 403 g/mol. The van der Waals surface area contributed by atoms with E-state index in [2.05, 4.69) is 9.97 Å².